The van der Waals surface area contributed by atoms with Crippen LogP contribution >= 0.6 is 0 Å². The molecule has 0 saturated carbocycles. The number of aromatic nitrogens is 2. The molecule has 4 heterocycles. The molecule has 0 bridgehead atoms. The predicted molar refractivity (Wildman–Crippen MR) is 161 cm³/mol. The topological polar surface area (TPSA) is 107 Å². The van der Waals surface area contributed by atoms with Crippen molar-refractivity contribution in [3.05, 3.63) is 36.2 Å². The number of halogens is 2. The van der Waals surface area contributed by atoms with Crippen LogP contribution in [-0.4, -0.2) is 103 Å². The van der Waals surface area contributed by atoms with Crippen LogP contribution in [0.4, 0.5) is 20.4 Å². The second kappa shape index (κ2) is 12.3. The monoisotopic (exact) mass is 618 g/mol. The molecule has 0 aliphatic carbocycles. The summed E-state index contributed by atoms with van der Waals surface area (Å²) in [5.74, 6) is -2.62. The summed E-state index contributed by atoms with van der Waals surface area (Å²) in [6, 6.07) is 4.47. The van der Waals surface area contributed by atoms with Crippen molar-refractivity contribution in [2.75, 3.05) is 61.9 Å². The molecule has 3 aliphatic rings. The zero-order chi connectivity index (χ0) is 30.9. The van der Waals surface area contributed by atoms with Gasteiger partial charge in [-0.2, -0.15) is 0 Å². The lowest BCUT2D eigenvalue weighted by Crippen LogP contribution is -2.56. The fourth-order valence-corrected chi connectivity index (χ4v) is 7.32. The van der Waals surface area contributed by atoms with Gasteiger partial charge in [-0.05, 0) is 44.7 Å². The van der Waals surface area contributed by atoms with E-state index in [4.69, 9.17) is 0 Å². The number of alkyl halides is 2. The van der Waals surface area contributed by atoms with E-state index >= 15 is 0 Å². The summed E-state index contributed by atoms with van der Waals surface area (Å²) in [6.45, 7) is 6.02. The summed E-state index contributed by atoms with van der Waals surface area (Å²) >= 11 is 0. The van der Waals surface area contributed by atoms with Gasteiger partial charge in [-0.1, -0.05) is 6.07 Å². The van der Waals surface area contributed by atoms with Crippen LogP contribution in [0.15, 0.2) is 30.6 Å². The predicted octanol–water partition coefficient (Wildman–Crippen LogP) is 3.32. The number of amides is 2. The molecule has 3 fully saturated rings. The first kappa shape index (κ1) is 31.1. The Balaban J connectivity index is 1.33. The summed E-state index contributed by atoms with van der Waals surface area (Å²) in [6.07, 6.45) is 7.77. The van der Waals surface area contributed by atoms with Crippen LogP contribution in [0.1, 0.15) is 51.5 Å². The molecular formula is C30H40F2N6O4S. The Bertz CT molecular complexity index is 1440. The second-order valence-corrected chi connectivity index (χ2v) is 14.4. The average molecular weight is 619 g/mol. The Hall–Kier alpha value is -3.35. The van der Waals surface area contributed by atoms with Gasteiger partial charge in [0.15, 0.2) is 0 Å². The zero-order valence-electron chi connectivity index (χ0n) is 25.0. The number of anilines is 2. The van der Waals surface area contributed by atoms with Gasteiger partial charge in [0, 0.05) is 99.7 Å². The van der Waals surface area contributed by atoms with Crippen LogP contribution in [0.3, 0.4) is 0 Å². The van der Waals surface area contributed by atoms with Gasteiger partial charge in [0.05, 0.1) is 11.8 Å². The van der Waals surface area contributed by atoms with Crippen molar-refractivity contribution in [2.45, 2.75) is 63.2 Å². The minimum absolute atomic E-state index is 0.0231. The van der Waals surface area contributed by atoms with E-state index in [1.165, 1.54) is 18.4 Å². The van der Waals surface area contributed by atoms with Crippen LogP contribution in [-0.2, 0) is 25.3 Å². The molecule has 5 rings (SSSR count). The van der Waals surface area contributed by atoms with E-state index in [0.29, 0.717) is 75.6 Å². The van der Waals surface area contributed by atoms with Gasteiger partial charge in [0.1, 0.15) is 9.84 Å². The highest BCUT2D eigenvalue weighted by Gasteiger charge is 2.33. The van der Waals surface area contributed by atoms with Crippen LogP contribution in [0, 0.1) is 0 Å². The summed E-state index contributed by atoms with van der Waals surface area (Å²) < 4.78 is 52.6. The molecule has 3 aliphatic heterocycles. The number of carbonyl (C=O) groups is 2. The lowest BCUT2D eigenvalue weighted by atomic mass is 9.99. The van der Waals surface area contributed by atoms with Crippen molar-refractivity contribution < 1.29 is 26.8 Å². The molecule has 0 N–H and O–H groups in total. The van der Waals surface area contributed by atoms with Crippen LogP contribution in [0.2, 0.25) is 0 Å². The van der Waals surface area contributed by atoms with E-state index in [0.717, 1.165) is 25.5 Å². The maximum atomic E-state index is 14.4. The van der Waals surface area contributed by atoms with Gasteiger partial charge in [-0.15, -0.1) is 0 Å². The number of rotatable bonds is 7. The van der Waals surface area contributed by atoms with Crippen LogP contribution in [0.5, 0.6) is 0 Å². The first-order valence-electron chi connectivity index (χ1n) is 14.9. The van der Waals surface area contributed by atoms with Gasteiger partial charge in [-0.25, -0.2) is 27.2 Å². The molecule has 43 heavy (non-hydrogen) atoms. The largest absolute Gasteiger partial charge is 0.367 e. The van der Waals surface area contributed by atoms with Crippen molar-refractivity contribution in [1.82, 2.24) is 19.8 Å². The highest BCUT2D eigenvalue weighted by Crippen LogP contribution is 2.37. The molecule has 2 amide bonds. The third-order valence-electron chi connectivity index (χ3n) is 8.82. The average Bonchev–Trinajstić information content (AvgIpc) is 2.97. The van der Waals surface area contributed by atoms with Gasteiger partial charge in [0.2, 0.25) is 17.8 Å². The van der Waals surface area contributed by atoms with E-state index in [-0.39, 0.29) is 35.2 Å². The number of likely N-dealkylation sites (tertiary alicyclic amines) is 1. The van der Waals surface area contributed by atoms with E-state index in [1.807, 2.05) is 11.8 Å². The highest BCUT2D eigenvalue weighted by atomic mass is 32.2. The molecule has 2 aromatic rings. The number of hydrogen-bond acceptors (Lipinski definition) is 8. The molecule has 1 unspecified atom stereocenters. The maximum Gasteiger partial charge on any atom is 0.270 e. The van der Waals surface area contributed by atoms with Crippen molar-refractivity contribution in [2.24, 2.45) is 0 Å². The number of piperazine rings is 1. The third-order valence-corrected chi connectivity index (χ3v) is 10.5. The van der Waals surface area contributed by atoms with Crippen molar-refractivity contribution in [3.8, 4) is 11.1 Å². The lowest BCUT2D eigenvalue weighted by Gasteiger charge is -2.42. The molecular weight excluding hydrogens is 578 g/mol. The number of carbonyl (C=O) groups excluding carboxylic acids is 2. The quantitative estimate of drug-likeness (QED) is 0.466. The molecule has 234 valence electrons. The minimum atomic E-state index is -3.10. The molecule has 10 nitrogen and oxygen atoms in total. The molecule has 1 atom stereocenters. The fraction of sp³-hybridized carbons (Fsp3) is 0.600. The Labute approximate surface area is 252 Å². The van der Waals surface area contributed by atoms with Gasteiger partial charge >= 0.3 is 0 Å². The fourth-order valence-electron chi connectivity index (χ4n) is 6.25. The van der Waals surface area contributed by atoms with E-state index in [9.17, 15) is 26.8 Å². The maximum absolute atomic E-state index is 14.4. The summed E-state index contributed by atoms with van der Waals surface area (Å²) in [4.78, 5) is 41.9. The van der Waals surface area contributed by atoms with Crippen molar-refractivity contribution in [1.29, 1.82) is 0 Å². The number of nitrogens with zero attached hydrogens (tertiary/aromatic N) is 6. The zero-order valence-corrected chi connectivity index (χ0v) is 25.8. The first-order valence-corrected chi connectivity index (χ1v) is 16.9. The number of piperidine rings is 2. The minimum Gasteiger partial charge on any atom is -0.367 e. The normalized spacial score (nSPS) is 21.0. The van der Waals surface area contributed by atoms with E-state index < -0.39 is 15.8 Å². The molecule has 1 aromatic carbocycles. The van der Waals surface area contributed by atoms with Gasteiger partial charge in [0.25, 0.3) is 5.92 Å². The van der Waals surface area contributed by atoms with Gasteiger partial charge < -0.3 is 19.6 Å². The molecule has 0 spiro atoms. The molecule has 3 saturated heterocycles. The number of benzene rings is 1. The molecule has 1 aromatic heterocycles. The van der Waals surface area contributed by atoms with Crippen molar-refractivity contribution in [3.63, 3.8) is 0 Å². The Morgan fingerprint density at radius 1 is 1.02 bits per heavy atom. The summed E-state index contributed by atoms with van der Waals surface area (Å²) in [5.41, 5.74) is 1.80. The Morgan fingerprint density at radius 2 is 1.72 bits per heavy atom. The number of hydrogen-bond donors (Lipinski definition) is 0. The summed E-state index contributed by atoms with van der Waals surface area (Å²) in [5, 5.41) is -0.366. The van der Waals surface area contributed by atoms with E-state index in [2.05, 4.69) is 14.9 Å². The van der Waals surface area contributed by atoms with Gasteiger partial charge in [-0.3, -0.25) is 9.59 Å². The second-order valence-electron chi connectivity index (χ2n) is 12.1. The SMILES string of the molecule is CC1CN(c2ccc(C(C)(F)F)cc2-c2cnc(N3CCC(S(C)(=O)=O)CC3)nc2)CCN1C(=O)CN1CCCCC1=O. The van der Waals surface area contributed by atoms with Crippen LogP contribution in [0.25, 0.3) is 11.1 Å². The van der Waals surface area contributed by atoms with Crippen LogP contribution < -0.4 is 9.80 Å². The van der Waals surface area contributed by atoms with E-state index in [1.54, 1.807) is 28.3 Å². The lowest BCUT2D eigenvalue weighted by molar-refractivity contribution is -0.143. The number of sulfone groups is 1. The Morgan fingerprint density at radius 3 is 2.33 bits per heavy atom. The highest BCUT2D eigenvalue weighted by molar-refractivity contribution is 7.91. The standard InChI is InChI=1S/C30H40F2N6O4S/c1-21-19-36(14-15-38(21)28(40)20-37-11-5-4-6-27(37)39)26-8-7-23(30(2,31)32)16-25(26)22-17-33-29(34-18-22)35-12-9-24(10-13-35)43(3,41)42/h7-8,16-18,21,24H,4-6,9-15,19-20H2,1-3H3. The Kier molecular flexibility index (Phi) is 8.92. The first-order chi connectivity index (χ1) is 20.3. The summed E-state index contributed by atoms with van der Waals surface area (Å²) in [7, 11) is -3.10. The molecule has 0 radical (unpaired) electrons. The molecule has 13 heteroatoms. The third kappa shape index (κ3) is 7.08. The smallest absolute Gasteiger partial charge is 0.270 e. The van der Waals surface area contributed by atoms with Crippen molar-refractivity contribution >= 4 is 33.3 Å².